The number of nitrogens with one attached hydrogen (secondary N) is 1. The molecule has 1 aromatic carbocycles. The van der Waals surface area contributed by atoms with E-state index in [9.17, 15) is 9.90 Å². The highest BCUT2D eigenvalue weighted by Gasteiger charge is 2.01. The van der Waals surface area contributed by atoms with Gasteiger partial charge in [-0.1, -0.05) is 12.1 Å². The smallest absolute Gasteiger partial charge is 0.223 e. The summed E-state index contributed by atoms with van der Waals surface area (Å²) in [6, 6.07) is 7.75. The van der Waals surface area contributed by atoms with Crippen LogP contribution in [0.5, 0.6) is 5.75 Å². The lowest BCUT2D eigenvalue weighted by Gasteiger charge is -2.07. The van der Waals surface area contributed by atoms with Gasteiger partial charge in [0.25, 0.3) is 0 Å². The molecule has 0 saturated heterocycles. The predicted octanol–water partition coefficient (Wildman–Crippen LogP) is 1.51. The maximum absolute atomic E-state index is 11.0. The Hall–Kier alpha value is -1.55. The Kier molecular flexibility index (Phi) is 6.22. The van der Waals surface area contributed by atoms with Crippen LogP contribution in [0.1, 0.15) is 25.3 Å². The summed E-state index contributed by atoms with van der Waals surface area (Å²) in [5, 5.41) is 11.7. The van der Waals surface area contributed by atoms with E-state index < -0.39 is 0 Å². The largest absolute Gasteiger partial charge is 0.493 e. The van der Waals surface area contributed by atoms with Crippen molar-refractivity contribution in [2.45, 2.75) is 32.3 Å². The number of carbonyl (C=O) groups is 1. The molecule has 1 unspecified atom stereocenters. The minimum absolute atomic E-state index is 0.0245. The summed E-state index contributed by atoms with van der Waals surface area (Å²) < 4.78 is 5.45. The van der Waals surface area contributed by atoms with E-state index >= 15 is 0 Å². The van der Waals surface area contributed by atoms with Crippen LogP contribution in [0.25, 0.3) is 0 Å². The van der Waals surface area contributed by atoms with E-state index in [0.717, 1.165) is 18.6 Å². The molecular formula is C14H21NO3. The number of rotatable bonds is 7. The van der Waals surface area contributed by atoms with E-state index in [1.807, 2.05) is 24.3 Å². The van der Waals surface area contributed by atoms with Gasteiger partial charge in [0.05, 0.1) is 19.1 Å². The molecule has 0 saturated carbocycles. The van der Waals surface area contributed by atoms with Crippen molar-refractivity contribution in [2.24, 2.45) is 0 Å². The van der Waals surface area contributed by atoms with Gasteiger partial charge in [-0.25, -0.2) is 0 Å². The molecule has 100 valence electrons. The molecule has 0 fully saturated rings. The van der Waals surface area contributed by atoms with Crippen molar-refractivity contribution in [1.82, 2.24) is 5.32 Å². The molecule has 1 atom stereocenters. The van der Waals surface area contributed by atoms with Crippen LogP contribution in [0.4, 0.5) is 0 Å². The zero-order valence-electron chi connectivity index (χ0n) is 11.0. The molecule has 0 heterocycles. The molecule has 0 aliphatic rings. The average Bonchev–Trinajstić information content (AvgIpc) is 2.37. The number of ether oxygens (including phenoxy) is 1. The van der Waals surface area contributed by atoms with E-state index in [-0.39, 0.29) is 12.0 Å². The van der Waals surface area contributed by atoms with Crippen LogP contribution in [-0.4, -0.2) is 30.8 Å². The van der Waals surface area contributed by atoms with Crippen LogP contribution >= 0.6 is 0 Å². The molecule has 0 aromatic heterocycles. The topological polar surface area (TPSA) is 58.6 Å². The van der Waals surface area contributed by atoms with Crippen LogP contribution in [-0.2, 0) is 11.2 Å². The Morgan fingerprint density at radius 3 is 2.61 bits per heavy atom. The van der Waals surface area contributed by atoms with E-state index in [1.165, 1.54) is 5.56 Å². The van der Waals surface area contributed by atoms with Crippen molar-refractivity contribution in [3.05, 3.63) is 29.8 Å². The van der Waals surface area contributed by atoms with E-state index in [0.29, 0.717) is 13.0 Å². The Labute approximate surface area is 108 Å². The molecule has 0 spiro atoms. The van der Waals surface area contributed by atoms with Crippen molar-refractivity contribution in [2.75, 3.05) is 13.7 Å². The van der Waals surface area contributed by atoms with Gasteiger partial charge in [-0.15, -0.1) is 0 Å². The van der Waals surface area contributed by atoms with Gasteiger partial charge < -0.3 is 15.2 Å². The van der Waals surface area contributed by atoms with Crippen molar-refractivity contribution in [3.8, 4) is 5.75 Å². The molecular weight excluding hydrogens is 230 g/mol. The van der Waals surface area contributed by atoms with Crippen molar-refractivity contribution in [1.29, 1.82) is 0 Å². The Bertz CT molecular complexity index is 360. The standard InChI is InChI=1S/C14H21NO3/c1-11(16)3-4-12-5-7-13(8-6-12)18-10-9-14(17)15-2/h5-8,11,16H,3-4,9-10H2,1-2H3,(H,15,17). The molecule has 1 rings (SSSR count). The molecule has 0 bridgehead atoms. The summed E-state index contributed by atoms with van der Waals surface area (Å²) in [5.41, 5.74) is 1.18. The van der Waals surface area contributed by atoms with E-state index in [1.54, 1.807) is 14.0 Å². The fourth-order valence-electron chi connectivity index (χ4n) is 1.51. The lowest BCUT2D eigenvalue weighted by molar-refractivity contribution is -0.121. The number of hydrogen-bond acceptors (Lipinski definition) is 3. The van der Waals surface area contributed by atoms with Gasteiger partial charge in [-0.3, -0.25) is 4.79 Å². The van der Waals surface area contributed by atoms with Crippen molar-refractivity contribution in [3.63, 3.8) is 0 Å². The minimum atomic E-state index is -0.270. The Balaban J connectivity index is 2.33. The third kappa shape index (κ3) is 5.68. The van der Waals surface area contributed by atoms with Gasteiger partial charge in [0.1, 0.15) is 5.75 Å². The molecule has 2 N–H and O–H groups in total. The molecule has 1 amide bonds. The third-order valence-corrected chi connectivity index (χ3v) is 2.65. The SMILES string of the molecule is CNC(=O)CCOc1ccc(CCC(C)O)cc1. The quantitative estimate of drug-likeness (QED) is 0.772. The van der Waals surface area contributed by atoms with E-state index in [4.69, 9.17) is 4.74 Å². The van der Waals surface area contributed by atoms with Crippen molar-refractivity contribution >= 4 is 5.91 Å². The molecule has 1 aromatic rings. The fraction of sp³-hybridized carbons (Fsp3) is 0.500. The first-order valence-corrected chi connectivity index (χ1v) is 6.22. The Morgan fingerprint density at radius 2 is 2.06 bits per heavy atom. The number of amides is 1. The second-order valence-electron chi connectivity index (χ2n) is 4.30. The van der Waals surface area contributed by atoms with Crippen LogP contribution in [0.15, 0.2) is 24.3 Å². The number of carbonyl (C=O) groups excluding carboxylic acids is 1. The highest BCUT2D eigenvalue weighted by Crippen LogP contribution is 2.14. The van der Waals surface area contributed by atoms with Crippen LogP contribution in [0.2, 0.25) is 0 Å². The predicted molar refractivity (Wildman–Crippen MR) is 70.6 cm³/mol. The van der Waals surface area contributed by atoms with Gasteiger partial charge in [0, 0.05) is 7.05 Å². The lowest BCUT2D eigenvalue weighted by Crippen LogP contribution is -2.20. The highest BCUT2D eigenvalue weighted by molar-refractivity contribution is 5.75. The maximum atomic E-state index is 11.0. The summed E-state index contributed by atoms with van der Waals surface area (Å²) in [6.45, 7) is 2.17. The molecule has 0 aliphatic carbocycles. The van der Waals surface area contributed by atoms with Gasteiger partial charge in [-0.2, -0.15) is 0 Å². The monoisotopic (exact) mass is 251 g/mol. The summed E-state index contributed by atoms with van der Waals surface area (Å²) >= 11 is 0. The van der Waals surface area contributed by atoms with E-state index in [2.05, 4.69) is 5.32 Å². The van der Waals surface area contributed by atoms with Crippen LogP contribution in [0, 0.1) is 0 Å². The first-order valence-electron chi connectivity index (χ1n) is 6.22. The fourth-order valence-corrected chi connectivity index (χ4v) is 1.51. The number of benzene rings is 1. The number of hydrogen-bond donors (Lipinski definition) is 2. The second kappa shape index (κ2) is 7.71. The second-order valence-corrected chi connectivity index (χ2v) is 4.30. The first-order chi connectivity index (χ1) is 8.61. The number of aliphatic hydroxyl groups is 1. The number of aryl methyl sites for hydroxylation is 1. The normalized spacial score (nSPS) is 11.9. The summed E-state index contributed by atoms with van der Waals surface area (Å²) in [4.78, 5) is 11.0. The van der Waals surface area contributed by atoms with Crippen LogP contribution in [0.3, 0.4) is 0 Å². The minimum Gasteiger partial charge on any atom is -0.493 e. The molecule has 18 heavy (non-hydrogen) atoms. The van der Waals surface area contributed by atoms with Gasteiger partial charge in [-0.05, 0) is 37.5 Å². The van der Waals surface area contributed by atoms with Crippen molar-refractivity contribution < 1.29 is 14.6 Å². The zero-order valence-corrected chi connectivity index (χ0v) is 11.0. The van der Waals surface area contributed by atoms with Crippen LogP contribution < -0.4 is 10.1 Å². The van der Waals surface area contributed by atoms with Gasteiger partial charge in [0.2, 0.25) is 5.91 Å². The summed E-state index contributed by atoms with van der Waals surface area (Å²) in [6.07, 6.45) is 1.71. The highest BCUT2D eigenvalue weighted by atomic mass is 16.5. The summed E-state index contributed by atoms with van der Waals surface area (Å²) in [7, 11) is 1.61. The lowest BCUT2D eigenvalue weighted by atomic mass is 10.1. The van der Waals surface area contributed by atoms with Gasteiger partial charge in [0.15, 0.2) is 0 Å². The molecule has 0 aliphatic heterocycles. The number of aliphatic hydroxyl groups excluding tert-OH is 1. The molecule has 4 nitrogen and oxygen atoms in total. The third-order valence-electron chi connectivity index (χ3n) is 2.65. The molecule has 4 heteroatoms. The maximum Gasteiger partial charge on any atom is 0.223 e. The summed E-state index contributed by atoms with van der Waals surface area (Å²) in [5.74, 6) is 0.739. The Morgan fingerprint density at radius 1 is 1.39 bits per heavy atom. The molecule has 0 radical (unpaired) electrons. The first kappa shape index (κ1) is 14.5. The zero-order chi connectivity index (χ0) is 13.4. The average molecular weight is 251 g/mol. The van der Waals surface area contributed by atoms with Gasteiger partial charge >= 0.3 is 0 Å².